The van der Waals surface area contributed by atoms with E-state index >= 15 is 0 Å². The third kappa shape index (κ3) is 5.25. The average Bonchev–Trinajstić information content (AvgIpc) is 2.63. The van der Waals surface area contributed by atoms with Crippen molar-refractivity contribution in [3.8, 4) is 11.5 Å². The van der Waals surface area contributed by atoms with E-state index in [-0.39, 0.29) is 6.10 Å². The zero-order valence-electron chi connectivity index (χ0n) is 14.1. The van der Waals surface area contributed by atoms with Crippen LogP contribution in [0.2, 0.25) is 10.0 Å². The summed E-state index contributed by atoms with van der Waals surface area (Å²) >= 11 is 11.9. The monoisotopic (exact) mass is 381 g/mol. The molecule has 0 radical (unpaired) electrons. The van der Waals surface area contributed by atoms with Crippen molar-refractivity contribution in [2.45, 2.75) is 12.6 Å². The lowest BCUT2D eigenvalue weighted by molar-refractivity contribution is -0.0506. The van der Waals surface area contributed by atoms with Gasteiger partial charge in [0.15, 0.2) is 11.5 Å². The average molecular weight is 382 g/mol. The summed E-state index contributed by atoms with van der Waals surface area (Å²) in [6.07, 6.45) is 0.0152. The number of hydrogen-bond acceptors (Lipinski definition) is 4. The molecule has 1 atom stereocenters. The summed E-state index contributed by atoms with van der Waals surface area (Å²) in [4.78, 5) is 2.36. The first-order valence-electron chi connectivity index (χ1n) is 8.19. The molecule has 2 aromatic carbocycles. The van der Waals surface area contributed by atoms with Gasteiger partial charge in [-0.3, -0.25) is 4.90 Å². The van der Waals surface area contributed by atoms with E-state index in [1.807, 2.05) is 18.2 Å². The first-order chi connectivity index (χ1) is 12.1. The van der Waals surface area contributed by atoms with Gasteiger partial charge >= 0.3 is 0 Å². The topological polar surface area (TPSA) is 30.9 Å². The van der Waals surface area contributed by atoms with Crippen molar-refractivity contribution in [2.24, 2.45) is 0 Å². The van der Waals surface area contributed by atoms with E-state index in [4.69, 9.17) is 37.4 Å². The minimum atomic E-state index is 0.0152. The number of halogens is 2. The van der Waals surface area contributed by atoms with Crippen molar-refractivity contribution >= 4 is 23.2 Å². The minimum Gasteiger partial charge on any atom is -0.493 e. The standard InChI is InChI=1S/C19H21Cl2NO3/c1-23-19-10-16(21)6-7-18(19)25-13-17-12-22(8-9-24-17)11-14-2-4-15(20)5-3-14/h2-7,10,17H,8-9,11-13H2,1H3/t17-/m1/s1. The molecule has 0 aliphatic carbocycles. The third-order valence-corrected chi connectivity index (χ3v) is 4.58. The normalized spacial score (nSPS) is 18.1. The van der Waals surface area contributed by atoms with E-state index in [0.717, 1.165) is 24.7 Å². The molecule has 1 heterocycles. The Morgan fingerprint density at radius 3 is 2.60 bits per heavy atom. The van der Waals surface area contributed by atoms with E-state index in [9.17, 15) is 0 Å². The van der Waals surface area contributed by atoms with Crippen LogP contribution < -0.4 is 9.47 Å². The first kappa shape index (κ1) is 18.3. The van der Waals surface area contributed by atoms with Gasteiger partial charge in [-0.2, -0.15) is 0 Å². The molecular weight excluding hydrogens is 361 g/mol. The highest BCUT2D eigenvalue weighted by atomic mass is 35.5. The molecule has 0 unspecified atom stereocenters. The van der Waals surface area contributed by atoms with Crippen LogP contribution >= 0.6 is 23.2 Å². The van der Waals surface area contributed by atoms with Crippen LogP contribution in [-0.4, -0.2) is 44.4 Å². The molecule has 0 amide bonds. The largest absolute Gasteiger partial charge is 0.493 e. The lowest BCUT2D eigenvalue weighted by atomic mass is 10.2. The molecule has 0 bridgehead atoms. The predicted molar refractivity (Wildman–Crippen MR) is 100.0 cm³/mol. The lowest BCUT2D eigenvalue weighted by Gasteiger charge is -2.32. The van der Waals surface area contributed by atoms with Gasteiger partial charge < -0.3 is 14.2 Å². The van der Waals surface area contributed by atoms with Gasteiger partial charge in [0.2, 0.25) is 0 Å². The van der Waals surface area contributed by atoms with E-state index < -0.39 is 0 Å². The van der Waals surface area contributed by atoms with E-state index in [2.05, 4.69) is 17.0 Å². The van der Waals surface area contributed by atoms with Crippen molar-refractivity contribution in [3.63, 3.8) is 0 Å². The maximum atomic E-state index is 5.98. The first-order valence-corrected chi connectivity index (χ1v) is 8.94. The highest BCUT2D eigenvalue weighted by molar-refractivity contribution is 6.31. The Hall–Kier alpha value is -1.46. The molecule has 1 aliphatic heterocycles. The molecule has 25 heavy (non-hydrogen) atoms. The van der Waals surface area contributed by atoms with Crippen molar-refractivity contribution < 1.29 is 14.2 Å². The van der Waals surface area contributed by atoms with Crippen LogP contribution in [0.25, 0.3) is 0 Å². The molecule has 1 saturated heterocycles. The van der Waals surface area contributed by atoms with Crippen LogP contribution in [0.5, 0.6) is 11.5 Å². The fourth-order valence-electron chi connectivity index (χ4n) is 2.82. The Kier molecular flexibility index (Phi) is 6.43. The zero-order valence-corrected chi connectivity index (χ0v) is 15.6. The number of methoxy groups -OCH3 is 1. The Morgan fingerprint density at radius 2 is 1.84 bits per heavy atom. The van der Waals surface area contributed by atoms with Crippen LogP contribution in [0.3, 0.4) is 0 Å². The summed E-state index contributed by atoms with van der Waals surface area (Å²) in [6, 6.07) is 13.3. The summed E-state index contributed by atoms with van der Waals surface area (Å²) in [5.74, 6) is 1.30. The van der Waals surface area contributed by atoms with Crippen molar-refractivity contribution in [3.05, 3.63) is 58.1 Å². The Balaban J connectivity index is 1.54. The number of rotatable bonds is 6. The van der Waals surface area contributed by atoms with Crippen LogP contribution in [0, 0.1) is 0 Å². The Morgan fingerprint density at radius 1 is 1.08 bits per heavy atom. The fraction of sp³-hybridized carbons (Fsp3) is 0.368. The van der Waals surface area contributed by atoms with Gasteiger partial charge in [-0.25, -0.2) is 0 Å². The molecule has 0 spiro atoms. The van der Waals surface area contributed by atoms with E-state index in [1.165, 1.54) is 5.56 Å². The van der Waals surface area contributed by atoms with Gasteiger partial charge in [0.25, 0.3) is 0 Å². The van der Waals surface area contributed by atoms with E-state index in [0.29, 0.717) is 29.7 Å². The maximum absolute atomic E-state index is 5.98. The van der Waals surface area contributed by atoms with E-state index in [1.54, 1.807) is 19.2 Å². The summed E-state index contributed by atoms with van der Waals surface area (Å²) in [7, 11) is 1.60. The van der Waals surface area contributed by atoms with Crippen LogP contribution in [0.4, 0.5) is 0 Å². The molecular formula is C19H21Cl2NO3. The fourth-order valence-corrected chi connectivity index (χ4v) is 3.10. The third-order valence-electron chi connectivity index (χ3n) is 4.09. The molecule has 0 aromatic heterocycles. The van der Waals surface area contributed by atoms with Gasteiger partial charge in [-0.1, -0.05) is 35.3 Å². The van der Waals surface area contributed by atoms with Gasteiger partial charge in [0.1, 0.15) is 12.7 Å². The second kappa shape index (κ2) is 8.77. The molecule has 3 rings (SSSR count). The van der Waals surface area contributed by atoms with Crippen molar-refractivity contribution in [2.75, 3.05) is 33.4 Å². The molecule has 6 heteroatoms. The smallest absolute Gasteiger partial charge is 0.162 e. The zero-order chi connectivity index (χ0) is 17.6. The Bertz CT molecular complexity index is 694. The number of benzene rings is 2. The summed E-state index contributed by atoms with van der Waals surface area (Å²) in [5, 5.41) is 1.38. The second-order valence-corrected chi connectivity index (χ2v) is 6.83. The highest BCUT2D eigenvalue weighted by Crippen LogP contribution is 2.30. The van der Waals surface area contributed by atoms with Gasteiger partial charge in [0, 0.05) is 35.7 Å². The van der Waals surface area contributed by atoms with Crippen LogP contribution in [0.15, 0.2) is 42.5 Å². The van der Waals surface area contributed by atoms with Crippen LogP contribution in [0.1, 0.15) is 5.56 Å². The minimum absolute atomic E-state index is 0.0152. The van der Waals surface area contributed by atoms with Gasteiger partial charge in [-0.05, 0) is 29.8 Å². The quantitative estimate of drug-likeness (QED) is 0.746. The van der Waals surface area contributed by atoms with Crippen molar-refractivity contribution in [1.82, 2.24) is 4.90 Å². The molecule has 0 N–H and O–H groups in total. The summed E-state index contributed by atoms with van der Waals surface area (Å²) in [5.41, 5.74) is 1.24. The van der Waals surface area contributed by atoms with Gasteiger partial charge in [-0.15, -0.1) is 0 Å². The molecule has 4 nitrogen and oxygen atoms in total. The van der Waals surface area contributed by atoms with Crippen molar-refractivity contribution in [1.29, 1.82) is 0 Å². The molecule has 1 aliphatic rings. The lowest BCUT2D eigenvalue weighted by Crippen LogP contribution is -2.44. The number of morpholine rings is 1. The van der Waals surface area contributed by atoms with Crippen LogP contribution in [-0.2, 0) is 11.3 Å². The molecule has 0 saturated carbocycles. The molecule has 1 fully saturated rings. The molecule has 2 aromatic rings. The summed E-state index contributed by atoms with van der Waals surface area (Å²) < 4.78 is 17.0. The maximum Gasteiger partial charge on any atom is 0.162 e. The predicted octanol–water partition coefficient (Wildman–Crippen LogP) is 4.28. The second-order valence-electron chi connectivity index (χ2n) is 5.96. The number of nitrogens with zero attached hydrogens (tertiary/aromatic N) is 1. The SMILES string of the molecule is COc1cc(Cl)ccc1OC[C@H]1CN(Cc2ccc(Cl)cc2)CCO1. The number of hydrogen-bond donors (Lipinski definition) is 0. The highest BCUT2D eigenvalue weighted by Gasteiger charge is 2.21. The Labute approximate surface area is 158 Å². The molecule has 134 valence electrons. The number of ether oxygens (including phenoxy) is 3. The van der Waals surface area contributed by atoms with Gasteiger partial charge in [0.05, 0.1) is 13.7 Å². The summed E-state index contributed by atoms with van der Waals surface area (Å²) in [6.45, 7) is 3.76.